The molecule has 0 unspecified atom stereocenters. The van der Waals surface area contributed by atoms with E-state index in [-0.39, 0.29) is 24.0 Å². The van der Waals surface area contributed by atoms with Gasteiger partial charge in [-0.2, -0.15) is 0 Å². The molecular weight excluding hydrogens is 304 g/mol. The highest BCUT2D eigenvalue weighted by molar-refractivity contribution is 7.18. The Morgan fingerprint density at radius 3 is 2.45 bits per heavy atom. The number of nitrogens with one attached hydrogen (secondary N) is 2. The van der Waals surface area contributed by atoms with Crippen molar-refractivity contribution in [2.24, 2.45) is 0 Å². The Bertz CT molecular complexity index is 566. The minimum absolute atomic E-state index is 0.228. The molecule has 0 atom stereocenters. The average molecular weight is 326 g/mol. The van der Waals surface area contributed by atoms with Crippen molar-refractivity contribution in [2.75, 3.05) is 18.5 Å². The van der Waals surface area contributed by atoms with E-state index in [1.807, 2.05) is 6.92 Å². The quantitative estimate of drug-likeness (QED) is 0.596. The molecule has 7 heteroatoms. The van der Waals surface area contributed by atoms with Crippen LogP contribution in [0, 0.1) is 6.92 Å². The van der Waals surface area contributed by atoms with Crippen molar-refractivity contribution in [3.05, 3.63) is 16.0 Å². The molecule has 22 heavy (non-hydrogen) atoms. The van der Waals surface area contributed by atoms with Gasteiger partial charge in [-0.15, -0.1) is 11.3 Å². The van der Waals surface area contributed by atoms with Gasteiger partial charge < -0.3 is 15.4 Å². The second-order valence-corrected chi connectivity index (χ2v) is 5.79. The topological polar surface area (TPSA) is 84.5 Å². The van der Waals surface area contributed by atoms with Crippen molar-refractivity contribution in [1.29, 1.82) is 0 Å². The summed E-state index contributed by atoms with van der Waals surface area (Å²) in [7, 11) is 0. The fourth-order valence-electron chi connectivity index (χ4n) is 1.89. The van der Waals surface area contributed by atoms with Gasteiger partial charge in [0.05, 0.1) is 17.0 Å². The van der Waals surface area contributed by atoms with Gasteiger partial charge in [-0.1, -0.05) is 13.3 Å². The van der Waals surface area contributed by atoms with Gasteiger partial charge in [0, 0.05) is 13.5 Å². The lowest BCUT2D eigenvalue weighted by atomic mass is 10.1. The summed E-state index contributed by atoms with van der Waals surface area (Å²) in [5.74, 6) is -1.07. The summed E-state index contributed by atoms with van der Waals surface area (Å²) < 4.78 is 5.01. The Balaban J connectivity index is 3.11. The Hall–Kier alpha value is -1.89. The highest BCUT2D eigenvalue weighted by Gasteiger charge is 2.25. The van der Waals surface area contributed by atoms with Crippen molar-refractivity contribution in [3.8, 4) is 0 Å². The Morgan fingerprint density at radius 1 is 1.23 bits per heavy atom. The third-order valence-corrected chi connectivity index (χ3v) is 4.14. The number of hydrogen-bond acceptors (Lipinski definition) is 5. The predicted molar refractivity (Wildman–Crippen MR) is 86.6 cm³/mol. The van der Waals surface area contributed by atoms with E-state index >= 15 is 0 Å². The molecule has 0 saturated carbocycles. The number of ether oxygens (including phenoxy) is 1. The lowest BCUT2D eigenvalue weighted by molar-refractivity contribution is -0.114. The van der Waals surface area contributed by atoms with Crippen LogP contribution < -0.4 is 10.6 Å². The normalized spacial score (nSPS) is 10.2. The molecule has 122 valence electrons. The van der Waals surface area contributed by atoms with Crippen LogP contribution >= 0.6 is 11.3 Å². The number of carbonyl (C=O) groups excluding carboxylic acids is 3. The standard InChI is InChI=1S/C15H22N2O4S/c1-5-7-8-16-13(19)12-9(3)11(15(20)21-6-2)14(22-12)17-10(4)18/h5-8H2,1-4H3,(H,16,19)(H,17,18). The van der Waals surface area contributed by atoms with Gasteiger partial charge >= 0.3 is 5.97 Å². The summed E-state index contributed by atoms with van der Waals surface area (Å²) >= 11 is 1.09. The van der Waals surface area contributed by atoms with Crippen LogP contribution in [0.5, 0.6) is 0 Å². The molecule has 2 N–H and O–H groups in total. The Labute approximate surface area is 134 Å². The van der Waals surface area contributed by atoms with Gasteiger partial charge in [-0.25, -0.2) is 4.79 Å². The molecule has 0 aliphatic heterocycles. The fraction of sp³-hybridized carbons (Fsp3) is 0.533. The molecule has 0 aliphatic carbocycles. The van der Waals surface area contributed by atoms with Crippen LogP contribution in [0.3, 0.4) is 0 Å². The van der Waals surface area contributed by atoms with Gasteiger partial charge in [0.25, 0.3) is 5.91 Å². The minimum atomic E-state index is -0.535. The number of unbranched alkanes of at least 4 members (excludes halogenated alkanes) is 1. The van der Waals surface area contributed by atoms with Gasteiger partial charge in [0.1, 0.15) is 5.00 Å². The van der Waals surface area contributed by atoms with Crippen LogP contribution in [0.25, 0.3) is 0 Å². The van der Waals surface area contributed by atoms with Gasteiger partial charge in [0.2, 0.25) is 5.91 Å². The summed E-state index contributed by atoms with van der Waals surface area (Å²) in [4.78, 5) is 36.0. The molecule has 1 heterocycles. The first-order chi connectivity index (χ1) is 10.4. The fourth-order valence-corrected chi connectivity index (χ4v) is 3.04. The zero-order valence-corrected chi connectivity index (χ0v) is 14.2. The lowest BCUT2D eigenvalue weighted by Gasteiger charge is -2.05. The summed E-state index contributed by atoms with van der Waals surface area (Å²) in [6.45, 7) is 7.59. The third-order valence-electron chi connectivity index (χ3n) is 2.94. The van der Waals surface area contributed by atoms with E-state index in [4.69, 9.17) is 4.74 Å². The smallest absolute Gasteiger partial charge is 0.341 e. The zero-order valence-electron chi connectivity index (χ0n) is 13.4. The molecule has 1 rings (SSSR count). The van der Waals surface area contributed by atoms with E-state index in [1.165, 1.54) is 6.92 Å². The zero-order chi connectivity index (χ0) is 16.7. The van der Waals surface area contributed by atoms with E-state index in [0.717, 1.165) is 24.2 Å². The summed E-state index contributed by atoms with van der Waals surface area (Å²) in [5, 5.41) is 5.76. The highest BCUT2D eigenvalue weighted by Crippen LogP contribution is 2.33. The van der Waals surface area contributed by atoms with Crippen LogP contribution in [-0.2, 0) is 9.53 Å². The van der Waals surface area contributed by atoms with Crippen LogP contribution in [0.4, 0.5) is 5.00 Å². The van der Waals surface area contributed by atoms with Crippen molar-refractivity contribution in [1.82, 2.24) is 5.32 Å². The molecule has 1 aromatic rings. The van der Waals surface area contributed by atoms with Crippen LogP contribution in [-0.4, -0.2) is 30.9 Å². The third kappa shape index (κ3) is 4.56. The van der Waals surface area contributed by atoms with Crippen LogP contribution in [0.2, 0.25) is 0 Å². The number of thiophene rings is 1. The molecule has 0 aliphatic rings. The molecule has 0 fully saturated rings. The van der Waals surface area contributed by atoms with Crippen molar-refractivity contribution in [2.45, 2.75) is 40.5 Å². The first-order valence-corrected chi connectivity index (χ1v) is 8.10. The van der Waals surface area contributed by atoms with Crippen molar-refractivity contribution < 1.29 is 19.1 Å². The SMILES string of the molecule is CCCCNC(=O)c1sc(NC(C)=O)c(C(=O)OCC)c1C. The van der Waals surface area contributed by atoms with E-state index < -0.39 is 5.97 Å². The maximum Gasteiger partial charge on any atom is 0.341 e. The number of hydrogen-bond donors (Lipinski definition) is 2. The number of anilines is 1. The van der Waals surface area contributed by atoms with Crippen molar-refractivity contribution in [3.63, 3.8) is 0 Å². The monoisotopic (exact) mass is 326 g/mol. The molecule has 0 aromatic carbocycles. The molecule has 0 saturated heterocycles. The Kier molecular flexibility index (Phi) is 7.04. The number of amides is 2. The molecular formula is C15H22N2O4S. The van der Waals surface area contributed by atoms with Gasteiger partial charge in [-0.05, 0) is 25.8 Å². The molecule has 0 spiro atoms. The summed E-state index contributed by atoms with van der Waals surface area (Å²) in [5.41, 5.74) is 0.781. The maximum absolute atomic E-state index is 12.2. The summed E-state index contributed by atoms with van der Waals surface area (Å²) in [6, 6.07) is 0. The van der Waals surface area contributed by atoms with E-state index in [9.17, 15) is 14.4 Å². The van der Waals surface area contributed by atoms with Crippen LogP contribution in [0.1, 0.15) is 59.2 Å². The lowest BCUT2D eigenvalue weighted by Crippen LogP contribution is -2.24. The second-order valence-electron chi connectivity index (χ2n) is 4.77. The number of carbonyl (C=O) groups is 3. The second kappa shape index (κ2) is 8.53. The van der Waals surface area contributed by atoms with Crippen molar-refractivity contribution >= 4 is 34.1 Å². The molecule has 2 amide bonds. The van der Waals surface area contributed by atoms with Gasteiger partial charge in [-0.3, -0.25) is 9.59 Å². The Morgan fingerprint density at radius 2 is 1.91 bits per heavy atom. The predicted octanol–water partition coefficient (Wildman–Crippen LogP) is 2.72. The molecule has 0 bridgehead atoms. The number of rotatable bonds is 7. The molecule has 1 aromatic heterocycles. The first-order valence-electron chi connectivity index (χ1n) is 7.28. The van der Waals surface area contributed by atoms with Crippen LogP contribution in [0.15, 0.2) is 0 Å². The van der Waals surface area contributed by atoms with E-state index in [0.29, 0.717) is 22.0 Å². The van der Waals surface area contributed by atoms with E-state index in [1.54, 1.807) is 13.8 Å². The van der Waals surface area contributed by atoms with Gasteiger partial charge in [0.15, 0.2) is 0 Å². The largest absolute Gasteiger partial charge is 0.462 e. The van der Waals surface area contributed by atoms with E-state index in [2.05, 4.69) is 10.6 Å². The average Bonchev–Trinajstić information content (AvgIpc) is 2.75. The highest BCUT2D eigenvalue weighted by atomic mass is 32.1. The number of esters is 1. The first kappa shape index (κ1) is 18.2. The summed E-state index contributed by atoms with van der Waals surface area (Å²) in [6.07, 6.45) is 1.87. The minimum Gasteiger partial charge on any atom is -0.462 e. The maximum atomic E-state index is 12.2. The molecule has 6 nitrogen and oxygen atoms in total. The molecule has 0 radical (unpaired) electrons.